The van der Waals surface area contributed by atoms with Crippen molar-refractivity contribution in [1.82, 2.24) is 13.9 Å². The highest BCUT2D eigenvalue weighted by Gasteiger charge is 2.57. The number of nitrogens with one attached hydrogen (secondary N) is 1. The summed E-state index contributed by atoms with van der Waals surface area (Å²) in [5, 5.41) is 0. The summed E-state index contributed by atoms with van der Waals surface area (Å²) in [6.07, 6.45) is -0.549. The Morgan fingerprint density at radius 2 is 1.51 bits per heavy atom. The summed E-state index contributed by atoms with van der Waals surface area (Å²) in [6, 6.07) is -0.391. The summed E-state index contributed by atoms with van der Waals surface area (Å²) >= 11 is 0. The van der Waals surface area contributed by atoms with Gasteiger partial charge in [-0.2, -0.15) is 12.7 Å². The number of amides is 2. The summed E-state index contributed by atoms with van der Waals surface area (Å²) in [6.45, 7) is 11.3. The first-order chi connectivity index (χ1) is 15.8. The minimum atomic E-state index is -4.25. The smallest absolute Gasteiger partial charge is 0.422 e. The largest absolute Gasteiger partial charge is 0.444 e. The minimum absolute atomic E-state index is 0.0603. The average molecular weight is 524 g/mol. The van der Waals surface area contributed by atoms with E-state index in [0.29, 0.717) is 25.9 Å². The maximum atomic E-state index is 13.6. The Bertz CT molecular complexity index is 905. The van der Waals surface area contributed by atoms with Crippen molar-refractivity contribution >= 4 is 22.4 Å². The summed E-state index contributed by atoms with van der Waals surface area (Å²) in [4.78, 5) is 26.1. The van der Waals surface area contributed by atoms with Crippen molar-refractivity contribution in [2.45, 2.75) is 103 Å². The number of hydrogen-bond donors (Lipinski definition) is 1. The molecule has 1 heterocycles. The monoisotopic (exact) mass is 523 g/mol. The van der Waals surface area contributed by atoms with Crippen LogP contribution < -0.4 is 4.72 Å². The van der Waals surface area contributed by atoms with Crippen molar-refractivity contribution in [3.05, 3.63) is 0 Å². The van der Waals surface area contributed by atoms with E-state index in [2.05, 4.69) is 0 Å². The summed E-state index contributed by atoms with van der Waals surface area (Å²) in [7, 11) is -4.25. The van der Waals surface area contributed by atoms with Gasteiger partial charge in [-0.05, 0) is 73.1 Å². The summed E-state index contributed by atoms with van der Waals surface area (Å²) < 4.78 is 67.4. The van der Waals surface area contributed by atoms with Gasteiger partial charge in [-0.1, -0.05) is 0 Å². The molecule has 1 spiro atoms. The van der Waals surface area contributed by atoms with E-state index < -0.39 is 45.6 Å². The summed E-state index contributed by atoms with van der Waals surface area (Å²) in [5.41, 5.74) is -1.67. The molecule has 0 aromatic carbocycles. The van der Waals surface area contributed by atoms with E-state index in [4.69, 9.17) is 9.47 Å². The Morgan fingerprint density at radius 1 is 1.00 bits per heavy atom. The molecule has 35 heavy (non-hydrogen) atoms. The molecule has 3 rings (SSSR count). The number of carbonyl (C=O) groups excluding carboxylic acids is 2. The Hall–Kier alpha value is -1.69. The van der Waals surface area contributed by atoms with Crippen LogP contribution in [0.3, 0.4) is 0 Å². The van der Waals surface area contributed by atoms with Crippen LogP contribution in [0.2, 0.25) is 0 Å². The van der Waals surface area contributed by atoms with E-state index in [9.17, 15) is 26.8 Å². The first-order valence-corrected chi connectivity index (χ1v) is 13.6. The highest BCUT2D eigenvalue weighted by molar-refractivity contribution is 7.87. The van der Waals surface area contributed by atoms with E-state index in [1.807, 2.05) is 4.72 Å². The number of rotatable bonds is 5. The molecular weight excluding hydrogens is 484 g/mol. The second-order valence-corrected chi connectivity index (χ2v) is 14.0. The topological polar surface area (TPSA) is 105 Å². The lowest BCUT2D eigenvalue weighted by atomic mass is 9.60. The zero-order valence-corrected chi connectivity index (χ0v) is 22.3. The number of likely N-dealkylation sites (tertiary alicyclic amines) is 1. The van der Waals surface area contributed by atoms with E-state index >= 15 is 0 Å². The normalized spacial score (nSPS) is 24.5. The Balaban J connectivity index is 1.65. The SMILES string of the molecule is CC(C)(C)OC(=O)NS(=O)(=O)N(CC1CCC(F)(F)CC1)C1CC2(C1)CN(C(=O)OC(C)(C)C)C2. The predicted molar refractivity (Wildman–Crippen MR) is 125 cm³/mol. The van der Waals surface area contributed by atoms with E-state index in [0.717, 1.165) is 0 Å². The van der Waals surface area contributed by atoms with Crippen molar-refractivity contribution in [1.29, 1.82) is 0 Å². The highest BCUT2D eigenvalue weighted by atomic mass is 32.2. The molecule has 0 unspecified atom stereocenters. The van der Waals surface area contributed by atoms with Crippen LogP contribution in [0.4, 0.5) is 18.4 Å². The fourth-order valence-electron chi connectivity index (χ4n) is 5.06. The van der Waals surface area contributed by atoms with Crippen LogP contribution in [0.15, 0.2) is 0 Å². The highest BCUT2D eigenvalue weighted by Crippen LogP contribution is 2.51. The van der Waals surface area contributed by atoms with E-state index in [1.54, 1.807) is 46.4 Å². The second kappa shape index (κ2) is 9.32. The average Bonchev–Trinajstić information content (AvgIpc) is 2.55. The minimum Gasteiger partial charge on any atom is -0.444 e. The zero-order valence-electron chi connectivity index (χ0n) is 21.5. The molecule has 0 radical (unpaired) electrons. The molecule has 0 atom stereocenters. The number of ether oxygens (including phenoxy) is 2. The molecule has 202 valence electrons. The molecule has 2 aliphatic carbocycles. The Morgan fingerprint density at radius 3 is 2.00 bits per heavy atom. The van der Waals surface area contributed by atoms with Crippen LogP contribution in [-0.4, -0.2) is 72.6 Å². The van der Waals surface area contributed by atoms with Crippen molar-refractivity contribution in [3.63, 3.8) is 0 Å². The number of halogens is 2. The van der Waals surface area contributed by atoms with Gasteiger partial charge in [0.05, 0.1) is 0 Å². The lowest BCUT2D eigenvalue weighted by Gasteiger charge is -2.60. The van der Waals surface area contributed by atoms with Gasteiger partial charge in [-0.25, -0.2) is 23.1 Å². The second-order valence-electron chi connectivity index (χ2n) is 12.4. The molecule has 2 saturated carbocycles. The van der Waals surface area contributed by atoms with Crippen LogP contribution in [0.1, 0.15) is 80.1 Å². The molecule has 3 fully saturated rings. The summed E-state index contributed by atoms with van der Waals surface area (Å²) in [5.74, 6) is -2.94. The number of alkyl halides is 2. The maximum Gasteiger partial charge on any atom is 0.422 e. The fourth-order valence-corrected chi connectivity index (χ4v) is 6.38. The van der Waals surface area contributed by atoms with Gasteiger partial charge >= 0.3 is 22.4 Å². The van der Waals surface area contributed by atoms with Crippen molar-refractivity contribution in [2.24, 2.45) is 11.3 Å². The molecule has 0 bridgehead atoms. The predicted octanol–water partition coefficient (Wildman–Crippen LogP) is 4.28. The van der Waals surface area contributed by atoms with Gasteiger partial charge in [0, 0.05) is 43.9 Å². The van der Waals surface area contributed by atoms with Crippen LogP contribution in [-0.2, 0) is 19.7 Å². The van der Waals surface area contributed by atoms with Gasteiger partial charge < -0.3 is 14.4 Å². The van der Waals surface area contributed by atoms with Gasteiger partial charge in [-0.3, -0.25) is 0 Å². The molecule has 12 heteroatoms. The van der Waals surface area contributed by atoms with Crippen LogP contribution in [0.5, 0.6) is 0 Å². The standard InChI is InChI=1S/C23H39F2N3O6S/c1-20(2,3)33-18(29)26-35(31,32)28(13-16-7-9-23(24,25)10-8-16)17-11-22(12-17)14-27(15-22)19(30)34-21(4,5)6/h16-17H,7-15H2,1-6H3,(H,26,29). The molecule has 1 aliphatic heterocycles. The third-order valence-electron chi connectivity index (χ3n) is 6.64. The van der Waals surface area contributed by atoms with E-state index in [1.165, 1.54) is 4.31 Å². The number of nitrogens with zero attached hydrogens (tertiary/aromatic N) is 2. The van der Waals surface area contributed by atoms with Crippen LogP contribution in [0.25, 0.3) is 0 Å². The zero-order chi connectivity index (χ0) is 26.4. The molecule has 0 aromatic rings. The van der Waals surface area contributed by atoms with Crippen LogP contribution >= 0.6 is 0 Å². The van der Waals surface area contributed by atoms with Gasteiger partial charge in [0.15, 0.2) is 0 Å². The van der Waals surface area contributed by atoms with Crippen molar-refractivity contribution in [2.75, 3.05) is 19.6 Å². The van der Waals surface area contributed by atoms with Crippen molar-refractivity contribution < 1.29 is 36.3 Å². The third kappa shape index (κ3) is 7.41. The van der Waals surface area contributed by atoms with Gasteiger partial charge in [0.25, 0.3) is 0 Å². The van der Waals surface area contributed by atoms with Gasteiger partial charge in [0.2, 0.25) is 5.92 Å². The van der Waals surface area contributed by atoms with Gasteiger partial charge in [-0.15, -0.1) is 0 Å². The van der Waals surface area contributed by atoms with E-state index in [-0.39, 0.29) is 43.6 Å². The molecule has 9 nitrogen and oxygen atoms in total. The molecule has 0 aromatic heterocycles. The number of hydrogen-bond acceptors (Lipinski definition) is 6. The molecule has 2 amide bonds. The molecule has 1 N–H and O–H groups in total. The molecular formula is C23H39F2N3O6S. The maximum absolute atomic E-state index is 13.6. The van der Waals surface area contributed by atoms with Crippen LogP contribution in [0, 0.1) is 11.3 Å². The van der Waals surface area contributed by atoms with Gasteiger partial charge in [0.1, 0.15) is 11.2 Å². The number of carbonyl (C=O) groups is 2. The molecule has 1 saturated heterocycles. The quantitative estimate of drug-likeness (QED) is 0.577. The molecule has 3 aliphatic rings. The Labute approximate surface area is 207 Å². The fraction of sp³-hybridized carbons (Fsp3) is 0.913. The Kier molecular flexibility index (Phi) is 7.42. The first kappa shape index (κ1) is 27.9. The first-order valence-electron chi connectivity index (χ1n) is 12.2. The lowest BCUT2D eigenvalue weighted by molar-refractivity contribution is -0.0985. The van der Waals surface area contributed by atoms with Crippen molar-refractivity contribution in [3.8, 4) is 0 Å². The third-order valence-corrected chi connectivity index (χ3v) is 8.13. The lowest BCUT2D eigenvalue weighted by Crippen LogP contribution is -2.69.